The summed E-state index contributed by atoms with van der Waals surface area (Å²) in [4.78, 5) is 7.98. The highest BCUT2D eigenvalue weighted by atomic mass is 16.3. The van der Waals surface area contributed by atoms with Crippen LogP contribution >= 0.6 is 0 Å². The second kappa shape index (κ2) is 3.72. The Morgan fingerprint density at radius 1 is 1.36 bits per heavy atom. The molecule has 3 nitrogen and oxygen atoms in total. The lowest BCUT2D eigenvalue weighted by Crippen LogP contribution is -2.30. The number of aliphatic hydroxyl groups is 1. The molecule has 1 aliphatic heterocycles. The Morgan fingerprint density at radius 2 is 2.14 bits per heavy atom. The number of pyridine rings is 1. The van der Waals surface area contributed by atoms with E-state index in [2.05, 4.69) is 9.98 Å². The van der Waals surface area contributed by atoms with E-state index in [1.807, 2.05) is 24.4 Å². The minimum absolute atomic E-state index is 0.0968. The average molecular weight is 188 g/mol. The van der Waals surface area contributed by atoms with Crippen molar-refractivity contribution in [2.24, 2.45) is 4.99 Å². The van der Waals surface area contributed by atoms with Gasteiger partial charge in [-0.15, -0.1) is 0 Å². The first-order chi connectivity index (χ1) is 6.87. The van der Waals surface area contributed by atoms with Crippen molar-refractivity contribution in [1.82, 2.24) is 4.98 Å². The number of hydrogen-bond acceptors (Lipinski definition) is 3. The fourth-order valence-electron chi connectivity index (χ4n) is 1.64. The van der Waals surface area contributed by atoms with Gasteiger partial charge in [-0.2, -0.15) is 0 Å². The van der Waals surface area contributed by atoms with Gasteiger partial charge in [-0.05, 0) is 24.1 Å². The Hall–Kier alpha value is -1.48. The lowest BCUT2D eigenvalue weighted by Gasteiger charge is -2.28. The van der Waals surface area contributed by atoms with Gasteiger partial charge in [0.05, 0.1) is 6.61 Å². The third-order valence-corrected chi connectivity index (χ3v) is 2.58. The van der Waals surface area contributed by atoms with E-state index >= 15 is 0 Å². The smallest absolute Gasteiger partial charge is 0.0567 e. The number of nitrogens with zero attached hydrogens (tertiary/aromatic N) is 2. The second-order valence-corrected chi connectivity index (χ2v) is 3.40. The van der Waals surface area contributed by atoms with Gasteiger partial charge in [0.25, 0.3) is 0 Å². The van der Waals surface area contributed by atoms with Gasteiger partial charge < -0.3 is 5.11 Å². The summed E-state index contributed by atoms with van der Waals surface area (Å²) in [5.74, 6) is 0. The SMILES string of the molecule is OCC1(c2ccncc2)C=CN=CC1. The van der Waals surface area contributed by atoms with Crippen LogP contribution in [0.2, 0.25) is 0 Å². The Labute approximate surface area is 82.8 Å². The molecule has 0 saturated carbocycles. The van der Waals surface area contributed by atoms with Crippen LogP contribution in [0.15, 0.2) is 41.8 Å². The lowest BCUT2D eigenvalue weighted by molar-refractivity contribution is 0.228. The molecule has 0 amide bonds. The topological polar surface area (TPSA) is 45.5 Å². The molecule has 2 rings (SSSR count). The molecule has 1 atom stereocenters. The molecule has 0 aromatic carbocycles. The fraction of sp³-hybridized carbons (Fsp3) is 0.273. The highest BCUT2D eigenvalue weighted by Crippen LogP contribution is 2.29. The second-order valence-electron chi connectivity index (χ2n) is 3.40. The van der Waals surface area contributed by atoms with Crippen molar-refractivity contribution in [3.63, 3.8) is 0 Å². The lowest BCUT2D eigenvalue weighted by atomic mass is 9.78. The fourth-order valence-corrected chi connectivity index (χ4v) is 1.64. The van der Waals surface area contributed by atoms with E-state index in [4.69, 9.17) is 0 Å². The molecule has 1 N–H and O–H groups in total. The van der Waals surface area contributed by atoms with Crippen molar-refractivity contribution >= 4 is 6.21 Å². The summed E-state index contributed by atoms with van der Waals surface area (Å²) in [5.41, 5.74) is 0.780. The largest absolute Gasteiger partial charge is 0.395 e. The van der Waals surface area contributed by atoms with Crippen LogP contribution in [-0.2, 0) is 5.41 Å². The van der Waals surface area contributed by atoms with Crippen molar-refractivity contribution in [3.05, 3.63) is 42.4 Å². The number of aromatic nitrogens is 1. The molecule has 14 heavy (non-hydrogen) atoms. The van der Waals surface area contributed by atoms with Gasteiger partial charge in [0.2, 0.25) is 0 Å². The predicted molar refractivity (Wildman–Crippen MR) is 55.2 cm³/mol. The Morgan fingerprint density at radius 3 is 2.71 bits per heavy atom. The van der Waals surface area contributed by atoms with Gasteiger partial charge in [-0.25, -0.2) is 0 Å². The zero-order valence-corrected chi connectivity index (χ0v) is 7.80. The van der Waals surface area contributed by atoms with E-state index in [1.165, 1.54) is 0 Å². The molecule has 1 aromatic rings. The van der Waals surface area contributed by atoms with E-state index in [9.17, 15) is 5.11 Å². The van der Waals surface area contributed by atoms with Crippen LogP contribution < -0.4 is 0 Å². The van der Waals surface area contributed by atoms with Gasteiger partial charge in [0, 0.05) is 30.2 Å². The Balaban J connectivity index is 2.39. The summed E-state index contributed by atoms with van der Waals surface area (Å²) in [6.45, 7) is 0.0968. The number of rotatable bonds is 2. The van der Waals surface area contributed by atoms with Crippen molar-refractivity contribution in [2.45, 2.75) is 11.8 Å². The third kappa shape index (κ3) is 1.46. The molecule has 0 fully saturated rings. The quantitative estimate of drug-likeness (QED) is 0.760. The standard InChI is InChI=1S/C11H12N2O/c14-9-11(3-7-13-8-4-11)10-1-5-12-6-2-10/h1-3,5-8,14H,4,9H2. The summed E-state index contributed by atoms with van der Waals surface area (Å²) in [7, 11) is 0. The molecule has 0 aliphatic carbocycles. The van der Waals surface area contributed by atoms with E-state index in [0.29, 0.717) is 0 Å². The number of hydrogen-bond donors (Lipinski definition) is 1. The molecule has 72 valence electrons. The van der Waals surface area contributed by atoms with Gasteiger partial charge in [0.1, 0.15) is 0 Å². The van der Waals surface area contributed by atoms with Crippen LogP contribution in [0.4, 0.5) is 0 Å². The highest BCUT2D eigenvalue weighted by molar-refractivity contribution is 5.64. The summed E-state index contributed by atoms with van der Waals surface area (Å²) < 4.78 is 0. The Kier molecular flexibility index (Phi) is 2.41. The summed E-state index contributed by atoms with van der Waals surface area (Å²) in [5, 5.41) is 9.46. The maximum Gasteiger partial charge on any atom is 0.0567 e. The van der Waals surface area contributed by atoms with Crippen LogP contribution in [0, 0.1) is 0 Å². The molecule has 3 heteroatoms. The normalized spacial score (nSPS) is 25.2. The summed E-state index contributed by atoms with van der Waals surface area (Å²) in [6, 6.07) is 3.86. The van der Waals surface area contributed by atoms with Crippen molar-refractivity contribution in [2.75, 3.05) is 6.61 Å². The number of aliphatic hydroxyl groups excluding tert-OH is 1. The van der Waals surface area contributed by atoms with Gasteiger partial charge in [-0.1, -0.05) is 6.08 Å². The molecule has 1 aliphatic rings. The van der Waals surface area contributed by atoms with Crippen LogP contribution in [0.1, 0.15) is 12.0 Å². The molecule has 0 saturated heterocycles. The van der Waals surface area contributed by atoms with Crippen LogP contribution in [0.5, 0.6) is 0 Å². The van der Waals surface area contributed by atoms with E-state index < -0.39 is 0 Å². The zero-order valence-electron chi connectivity index (χ0n) is 7.80. The molecular weight excluding hydrogens is 176 g/mol. The average Bonchev–Trinajstić information content (AvgIpc) is 2.31. The first-order valence-corrected chi connectivity index (χ1v) is 4.58. The maximum atomic E-state index is 9.46. The monoisotopic (exact) mass is 188 g/mol. The van der Waals surface area contributed by atoms with Crippen LogP contribution in [-0.4, -0.2) is 22.9 Å². The summed E-state index contributed by atoms with van der Waals surface area (Å²) in [6.07, 6.45) is 9.74. The van der Waals surface area contributed by atoms with Crippen molar-refractivity contribution in [3.8, 4) is 0 Å². The van der Waals surface area contributed by atoms with E-state index in [0.717, 1.165) is 12.0 Å². The Bertz CT molecular complexity index is 359. The van der Waals surface area contributed by atoms with Gasteiger partial charge in [-0.3, -0.25) is 9.98 Å². The van der Waals surface area contributed by atoms with E-state index in [-0.39, 0.29) is 12.0 Å². The molecule has 1 aromatic heterocycles. The molecule has 2 heterocycles. The highest BCUT2D eigenvalue weighted by Gasteiger charge is 2.28. The molecule has 0 bridgehead atoms. The molecular formula is C11H12N2O. The molecule has 0 radical (unpaired) electrons. The minimum atomic E-state index is -0.301. The molecule has 1 unspecified atom stereocenters. The molecule has 0 spiro atoms. The third-order valence-electron chi connectivity index (χ3n) is 2.58. The van der Waals surface area contributed by atoms with E-state index in [1.54, 1.807) is 18.6 Å². The van der Waals surface area contributed by atoms with Crippen molar-refractivity contribution in [1.29, 1.82) is 0 Å². The van der Waals surface area contributed by atoms with Crippen molar-refractivity contribution < 1.29 is 5.11 Å². The van der Waals surface area contributed by atoms with Crippen LogP contribution in [0.3, 0.4) is 0 Å². The number of aliphatic imine (C=N–C) groups is 1. The minimum Gasteiger partial charge on any atom is -0.395 e. The predicted octanol–water partition coefficient (Wildman–Crippen LogP) is 1.30. The maximum absolute atomic E-state index is 9.46. The van der Waals surface area contributed by atoms with Gasteiger partial charge in [0.15, 0.2) is 0 Å². The summed E-state index contributed by atoms with van der Waals surface area (Å²) >= 11 is 0. The first kappa shape index (κ1) is 9.09. The van der Waals surface area contributed by atoms with Gasteiger partial charge >= 0.3 is 0 Å². The zero-order chi connectivity index (χ0) is 9.86. The van der Waals surface area contributed by atoms with Crippen LogP contribution in [0.25, 0.3) is 0 Å². The first-order valence-electron chi connectivity index (χ1n) is 4.58.